The highest BCUT2D eigenvalue weighted by atomic mass is 16.2. The van der Waals surface area contributed by atoms with Crippen molar-refractivity contribution in [1.82, 2.24) is 29.7 Å². The molecule has 0 unspecified atom stereocenters. The maximum absolute atomic E-state index is 12.9. The summed E-state index contributed by atoms with van der Waals surface area (Å²) in [6.07, 6.45) is 4.85. The molecule has 2 aliphatic rings. The average Bonchev–Trinajstić information content (AvgIpc) is 3.44. The third kappa shape index (κ3) is 2.46. The topological polar surface area (TPSA) is 105 Å². The van der Waals surface area contributed by atoms with Gasteiger partial charge in [0.25, 0.3) is 0 Å². The number of carbonyl (C=O) groups excluding carboxylic acids is 1. The zero-order valence-corrected chi connectivity index (χ0v) is 17.4. The van der Waals surface area contributed by atoms with Gasteiger partial charge in [0.15, 0.2) is 17.0 Å². The number of aryl methyl sites for hydroxylation is 2. The van der Waals surface area contributed by atoms with Crippen molar-refractivity contribution in [2.75, 3.05) is 23.3 Å². The van der Waals surface area contributed by atoms with Gasteiger partial charge >= 0.3 is 0 Å². The Balaban J connectivity index is 1.36. The van der Waals surface area contributed by atoms with Gasteiger partial charge in [0, 0.05) is 31.5 Å². The molecule has 31 heavy (non-hydrogen) atoms. The summed E-state index contributed by atoms with van der Waals surface area (Å²) in [5, 5.41) is 10.2. The third-order valence-electron chi connectivity index (χ3n) is 6.75. The molecule has 1 amide bonds. The second kappa shape index (κ2) is 6.37. The van der Waals surface area contributed by atoms with Crippen molar-refractivity contribution in [1.29, 1.82) is 0 Å². The first-order valence-electron chi connectivity index (χ1n) is 10.4. The molecule has 1 fully saturated rings. The highest BCUT2D eigenvalue weighted by molar-refractivity contribution is 6.06. The van der Waals surface area contributed by atoms with E-state index in [1.807, 2.05) is 36.7 Å². The minimum Gasteiger partial charge on any atom is -0.355 e. The summed E-state index contributed by atoms with van der Waals surface area (Å²) in [4.78, 5) is 29.1. The van der Waals surface area contributed by atoms with Crippen molar-refractivity contribution in [3.05, 3.63) is 48.0 Å². The van der Waals surface area contributed by atoms with Crippen LogP contribution in [0.4, 0.5) is 11.5 Å². The van der Waals surface area contributed by atoms with Crippen molar-refractivity contribution < 1.29 is 4.79 Å². The number of rotatable bonds is 2. The first kappa shape index (κ1) is 18.1. The first-order chi connectivity index (χ1) is 15.1. The molecule has 6 rings (SSSR count). The lowest BCUT2D eigenvalue weighted by atomic mass is 9.73. The van der Waals surface area contributed by atoms with Crippen LogP contribution < -0.4 is 10.2 Å². The van der Waals surface area contributed by atoms with Gasteiger partial charge in [-0.15, -0.1) is 0 Å². The van der Waals surface area contributed by atoms with E-state index in [0.29, 0.717) is 0 Å². The molecule has 0 bridgehead atoms. The van der Waals surface area contributed by atoms with Crippen molar-refractivity contribution >= 4 is 28.6 Å². The van der Waals surface area contributed by atoms with Crippen LogP contribution in [-0.2, 0) is 17.3 Å². The van der Waals surface area contributed by atoms with Crippen molar-refractivity contribution in [3.8, 4) is 11.4 Å². The Bertz CT molecular complexity index is 1330. The zero-order valence-electron chi connectivity index (χ0n) is 17.4. The van der Waals surface area contributed by atoms with Gasteiger partial charge in [0.1, 0.15) is 12.2 Å². The number of aromatic nitrogens is 6. The Morgan fingerprint density at radius 1 is 1.13 bits per heavy atom. The maximum atomic E-state index is 12.9. The molecular formula is C22H22N8O. The molecule has 0 saturated carbocycles. The Morgan fingerprint density at radius 2 is 1.94 bits per heavy atom. The quantitative estimate of drug-likeness (QED) is 0.522. The molecule has 1 saturated heterocycles. The fourth-order valence-electron chi connectivity index (χ4n) is 5.01. The van der Waals surface area contributed by atoms with E-state index in [0.717, 1.165) is 71.2 Å². The number of anilines is 2. The van der Waals surface area contributed by atoms with Gasteiger partial charge in [-0.25, -0.2) is 15.0 Å². The number of piperidine rings is 1. The SMILES string of the molecule is Cc1[nH]ncc1-c1nc2c(N3CCC4(CC3)C(=O)Nc3ccccc34)ncnc2n1C. The Kier molecular flexibility index (Phi) is 3.71. The van der Waals surface area contributed by atoms with Crippen molar-refractivity contribution in [2.24, 2.45) is 7.05 Å². The predicted molar refractivity (Wildman–Crippen MR) is 117 cm³/mol. The molecule has 5 heterocycles. The molecule has 9 heteroatoms. The minimum atomic E-state index is -0.456. The van der Waals surface area contributed by atoms with Gasteiger partial charge in [-0.3, -0.25) is 9.89 Å². The van der Waals surface area contributed by atoms with E-state index in [1.165, 1.54) is 0 Å². The van der Waals surface area contributed by atoms with Crippen LogP contribution >= 0.6 is 0 Å². The summed E-state index contributed by atoms with van der Waals surface area (Å²) in [5.74, 6) is 1.73. The predicted octanol–water partition coefficient (Wildman–Crippen LogP) is 2.55. The number of nitrogens with one attached hydrogen (secondary N) is 2. The molecular weight excluding hydrogens is 392 g/mol. The standard InChI is InChI=1S/C22H22N8O/c1-13-14(11-25-28-13)18-27-17-19(29(18)2)23-12-24-20(17)30-9-7-22(8-10-30)15-5-3-4-6-16(15)26-21(22)31/h3-6,11-12H,7-10H2,1-2H3,(H,25,28)(H,26,31). The summed E-state index contributed by atoms with van der Waals surface area (Å²) in [7, 11) is 1.96. The van der Waals surface area contributed by atoms with E-state index in [9.17, 15) is 4.79 Å². The van der Waals surface area contributed by atoms with E-state index < -0.39 is 5.41 Å². The number of aromatic amines is 1. The maximum Gasteiger partial charge on any atom is 0.235 e. The molecule has 0 atom stereocenters. The molecule has 2 aliphatic heterocycles. The van der Waals surface area contributed by atoms with Crippen LogP contribution in [0.5, 0.6) is 0 Å². The number of benzene rings is 1. The lowest BCUT2D eigenvalue weighted by Crippen LogP contribution is -2.46. The molecule has 0 radical (unpaired) electrons. The minimum absolute atomic E-state index is 0.108. The number of nitrogens with zero attached hydrogens (tertiary/aromatic N) is 6. The molecule has 2 N–H and O–H groups in total. The summed E-state index contributed by atoms with van der Waals surface area (Å²) >= 11 is 0. The second-order valence-electron chi connectivity index (χ2n) is 8.34. The first-order valence-corrected chi connectivity index (χ1v) is 10.4. The Morgan fingerprint density at radius 3 is 2.71 bits per heavy atom. The van der Waals surface area contributed by atoms with Crippen LogP contribution in [-0.4, -0.2) is 48.7 Å². The van der Waals surface area contributed by atoms with E-state index >= 15 is 0 Å². The molecule has 156 valence electrons. The lowest BCUT2D eigenvalue weighted by molar-refractivity contribution is -0.121. The normalized spacial score (nSPS) is 17.4. The van der Waals surface area contributed by atoms with Crippen LogP contribution in [0, 0.1) is 6.92 Å². The number of hydrogen-bond donors (Lipinski definition) is 2. The molecule has 3 aromatic heterocycles. The van der Waals surface area contributed by atoms with E-state index in [1.54, 1.807) is 12.5 Å². The van der Waals surface area contributed by atoms with E-state index in [-0.39, 0.29) is 5.91 Å². The molecule has 1 spiro atoms. The summed E-state index contributed by atoms with van der Waals surface area (Å²) in [6.45, 7) is 3.43. The van der Waals surface area contributed by atoms with E-state index in [4.69, 9.17) is 4.98 Å². The molecule has 9 nitrogen and oxygen atoms in total. The number of para-hydroxylation sites is 1. The highest BCUT2D eigenvalue weighted by Crippen LogP contribution is 2.45. The Labute approximate surface area is 178 Å². The smallest absolute Gasteiger partial charge is 0.235 e. The van der Waals surface area contributed by atoms with E-state index in [2.05, 4.69) is 36.4 Å². The van der Waals surface area contributed by atoms with Gasteiger partial charge in [0.2, 0.25) is 5.91 Å². The number of amides is 1. The summed E-state index contributed by atoms with van der Waals surface area (Å²) in [6, 6.07) is 8.03. The van der Waals surface area contributed by atoms with Gasteiger partial charge in [-0.2, -0.15) is 5.10 Å². The number of hydrogen-bond acceptors (Lipinski definition) is 6. The lowest BCUT2D eigenvalue weighted by Gasteiger charge is -2.38. The number of H-pyrrole nitrogens is 1. The largest absolute Gasteiger partial charge is 0.355 e. The summed E-state index contributed by atoms with van der Waals surface area (Å²) in [5.41, 5.74) is 5.06. The zero-order chi connectivity index (χ0) is 21.2. The van der Waals surface area contributed by atoms with Crippen molar-refractivity contribution in [3.63, 3.8) is 0 Å². The van der Waals surface area contributed by atoms with Crippen LogP contribution in [0.2, 0.25) is 0 Å². The van der Waals surface area contributed by atoms with Crippen LogP contribution in [0.15, 0.2) is 36.8 Å². The van der Waals surface area contributed by atoms with Crippen LogP contribution in [0.25, 0.3) is 22.6 Å². The fraction of sp³-hybridized carbons (Fsp3) is 0.318. The molecule has 1 aromatic carbocycles. The summed E-state index contributed by atoms with van der Waals surface area (Å²) < 4.78 is 1.98. The highest BCUT2D eigenvalue weighted by Gasteiger charge is 2.48. The van der Waals surface area contributed by atoms with Gasteiger partial charge in [0.05, 0.1) is 17.2 Å². The number of carbonyl (C=O) groups is 1. The van der Waals surface area contributed by atoms with Crippen LogP contribution in [0.1, 0.15) is 24.1 Å². The number of imidazole rings is 1. The van der Waals surface area contributed by atoms with Gasteiger partial charge < -0.3 is 14.8 Å². The van der Waals surface area contributed by atoms with Gasteiger partial charge in [-0.1, -0.05) is 18.2 Å². The van der Waals surface area contributed by atoms with Gasteiger partial charge in [-0.05, 0) is 31.4 Å². The van der Waals surface area contributed by atoms with Crippen molar-refractivity contribution in [2.45, 2.75) is 25.2 Å². The molecule has 4 aromatic rings. The fourth-order valence-corrected chi connectivity index (χ4v) is 5.01. The number of fused-ring (bicyclic) bond motifs is 3. The van der Waals surface area contributed by atoms with Crippen LogP contribution in [0.3, 0.4) is 0 Å². The second-order valence-corrected chi connectivity index (χ2v) is 8.34. The average molecular weight is 414 g/mol. The molecule has 0 aliphatic carbocycles. The Hall–Kier alpha value is -3.75. The third-order valence-corrected chi connectivity index (χ3v) is 6.75. The monoisotopic (exact) mass is 414 g/mol.